The minimum absolute atomic E-state index is 0.267. The monoisotopic (exact) mass is 282 g/mol. The third kappa shape index (κ3) is 1.88. The Kier molecular flexibility index (Phi) is 3.33. The number of hydrogen-bond donors (Lipinski definition) is 0. The highest BCUT2D eigenvalue weighted by Gasteiger charge is 2.40. The molecule has 0 spiro atoms. The molecule has 1 aliphatic carbocycles. The van der Waals surface area contributed by atoms with Gasteiger partial charge in [0, 0.05) is 12.0 Å². The van der Waals surface area contributed by atoms with Gasteiger partial charge in [0.05, 0.1) is 7.11 Å². The highest BCUT2D eigenvalue weighted by Crippen LogP contribution is 2.45. The number of benzene rings is 1. The van der Waals surface area contributed by atoms with Crippen molar-refractivity contribution in [2.45, 2.75) is 30.0 Å². The van der Waals surface area contributed by atoms with E-state index < -0.39 is 4.32 Å². The molecule has 1 aromatic carbocycles. The van der Waals surface area contributed by atoms with Gasteiger partial charge >= 0.3 is 0 Å². The zero-order chi connectivity index (χ0) is 11.6. The van der Waals surface area contributed by atoms with Crippen molar-refractivity contribution >= 4 is 21.7 Å². The maximum absolute atomic E-state index is 12.1. The van der Waals surface area contributed by atoms with Crippen molar-refractivity contribution in [3.63, 3.8) is 0 Å². The number of carbonyl (C=O) groups is 1. The second kappa shape index (κ2) is 4.58. The van der Waals surface area contributed by atoms with Gasteiger partial charge in [-0.25, -0.2) is 0 Å². The Morgan fingerprint density at radius 1 is 1.31 bits per heavy atom. The van der Waals surface area contributed by atoms with Crippen molar-refractivity contribution in [3.8, 4) is 5.75 Å². The molecule has 1 unspecified atom stereocenters. The standard InChI is InChI=1S/C13H15BrO2/c1-16-11-7-3-2-6-10(11)13(14)9-5-4-8-12(13)15/h2-3,6-7H,4-5,8-9H2,1H3. The molecule has 2 nitrogen and oxygen atoms in total. The molecule has 1 atom stereocenters. The largest absolute Gasteiger partial charge is 0.496 e. The molecule has 1 aliphatic rings. The summed E-state index contributed by atoms with van der Waals surface area (Å²) in [6.07, 6.45) is 3.59. The van der Waals surface area contributed by atoms with Gasteiger partial charge in [0.2, 0.25) is 0 Å². The van der Waals surface area contributed by atoms with E-state index in [1.165, 1.54) is 0 Å². The van der Waals surface area contributed by atoms with Gasteiger partial charge in [-0.1, -0.05) is 40.5 Å². The first-order valence-electron chi connectivity index (χ1n) is 5.54. The Balaban J connectivity index is 2.44. The number of para-hydroxylation sites is 1. The predicted molar refractivity (Wildman–Crippen MR) is 67.1 cm³/mol. The molecule has 2 rings (SSSR count). The SMILES string of the molecule is COc1ccccc1C1(Br)CCCCC1=O. The second-order valence-electron chi connectivity index (χ2n) is 4.13. The van der Waals surface area contributed by atoms with E-state index in [9.17, 15) is 4.79 Å². The smallest absolute Gasteiger partial charge is 0.154 e. The number of alkyl halides is 1. The van der Waals surface area contributed by atoms with Crippen LogP contribution in [-0.2, 0) is 9.12 Å². The fraction of sp³-hybridized carbons (Fsp3) is 0.462. The molecule has 0 aliphatic heterocycles. The zero-order valence-electron chi connectivity index (χ0n) is 9.33. The average Bonchev–Trinajstić information content (AvgIpc) is 2.33. The molecule has 0 amide bonds. The van der Waals surface area contributed by atoms with Crippen LogP contribution in [0.15, 0.2) is 24.3 Å². The minimum atomic E-state index is -0.530. The molecule has 0 radical (unpaired) electrons. The van der Waals surface area contributed by atoms with Crippen LogP contribution in [-0.4, -0.2) is 12.9 Å². The molecule has 0 bridgehead atoms. The normalized spacial score (nSPS) is 25.5. The molecule has 1 saturated carbocycles. The van der Waals surface area contributed by atoms with Crippen molar-refractivity contribution in [1.29, 1.82) is 0 Å². The summed E-state index contributed by atoms with van der Waals surface area (Å²) in [6, 6.07) is 7.74. The van der Waals surface area contributed by atoms with Gasteiger partial charge in [-0.05, 0) is 18.9 Å². The second-order valence-corrected chi connectivity index (χ2v) is 5.49. The number of hydrogen-bond acceptors (Lipinski definition) is 2. The summed E-state index contributed by atoms with van der Waals surface area (Å²) >= 11 is 3.63. The van der Waals surface area contributed by atoms with E-state index in [0.717, 1.165) is 30.6 Å². The van der Waals surface area contributed by atoms with E-state index >= 15 is 0 Å². The molecule has 1 fully saturated rings. The third-order valence-electron chi connectivity index (χ3n) is 3.15. The first-order chi connectivity index (χ1) is 7.68. The molecule has 0 heterocycles. The topological polar surface area (TPSA) is 26.3 Å². The van der Waals surface area contributed by atoms with Crippen molar-refractivity contribution < 1.29 is 9.53 Å². The van der Waals surface area contributed by atoms with E-state index in [1.54, 1.807) is 7.11 Å². The number of rotatable bonds is 2. The molecular weight excluding hydrogens is 268 g/mol. The Labute approximate surface area is 104 Å². The lowest BCUT2D eigenvalue weighted by Gasteiger charge is -2.31. The maximum Gasteiger partial charge on any atom is 0.154 e. The fourth-order valence-corrected chi connectivity index (χ4v) is 3.05. The number of methoxy groups -OCH3 is 1. The quantitative estimate of drug-likeness (QED) is 0.777. The van der Waals surface area contributed by atoms with Crippen molar-refractivity contribution in [1.82, 2.24) is 0 Å². The van der Waals surface area contributed by atoms with Gasteiger partial charge in [-0.3, -0.25) is 4.79 Å². The number of ketones is 1. The molecule has 16 heavy (non-hydrogen) atoms. The van der Waals surface area contributed by atoms with Crippen LogP contribution in [0.4, 0.5) is 0 Å². The van der Waals surface area contributed by atoms with Crippen LogP contribution in [0.3, 0.4) is 0 Å². The Bertz CT molecular complexity index is 403. The molecule has 0 N–H and O–H groups in total. The van der Waals surface area contributed by atoms with Gasteiger partial charge in [-0.15, -0.1) is 0 Å². The highest BCUT2D eigenvalue weighted by atomic mass is 79.9. The third-order valence-corrected chi connectivity index (χ3v) is 4.42. The van der Waals surface area contributed by atoms with Gasteiger partial charge in [-0.2, -0.15) is 0 Å². The maximum atomic E-state index is 12.1. The number of Topliss-reactive ketones (excluding diaryl/α,β-unsaturated/α-hetero) is 1. The molecule has 86 valence electrons. The average molecular weight is 283 g/mol. The Morgan fingerprint density at radius 2 is 2.06 bits per heavy atom. The molecule has 0 saturated heterocycles. The van der Waals surface area contributed by atoms with Crippen LogP contribution >= 0.6 is 15.9 Å². The van der Waals surface area contributed by atoms with E-state index in [1.807, 2.05) is 24.3 Å². The first kappa shape index (κ1) is 11.6. The molecule has 1 aromatic rings. The molecule has 3 heteroatoms. The number of halogens is 1. The van der Waals surface area contributed by atoms with Crippen molar-refractivity contribution in [3.05, 3.63) is 29.8 Å². The van der Waals surface area contributed by atoms with Gasteiger partial charge in [0.15, 0.2) is 5.78 Å². The fourth-order valence-electron chi connectivity index (χ4n) is 2.25. The highest BCUT2D eigenvalue weighted by molar-refractivity contribution is 9.10. The van der Waals surface area contributed by atoms with Crippen LogP contribution in [0, 0.1) is 0 Å². The van der Waals surface area contributed by atoms with Gasteiger partial charge < -0.3 is 4.74 Å². The number of carbonyl (C=O) groups excluding carboxylic acids is 1. The summed E-state index contributed by atoms with van der Waals surface area (Å²) < 4.78 is 4.80. The van der Waals surface area contributed by atoms with E-state index in [0.29, 0.717) is 6.42 Å². The van der Waals surface area contributed by atoms with Gasteiger partial charge in [0.25, 0.3) is 0 Å². The lowest BCUT2D eigenvalue weighted by molar-refractivity contribution is -0.122. The van der Waals surface area contributed by atoms with Gasteiger partial charge in [0.1, 0.15) is 10.1 Å². The molecular formula is C13H15BrO2. The lowest BCUT2D eigenvalue weighted by Crippen LogP contribution is -2.32. The van der Waals surface area contributed by atoms with E-state index in [4.69, 9.17) is 4.74 Å². The predicted octanol–water partition coefficient (Wildman–Crippen LogP) is 3.43. The summed E-state index contributed by atoms with van der Waals surface area (Å²) in [6.45, 7) is 0. The van der Waals surface area contributed by atoms with Crippen molar-refractivity contribution in [2.24, 2.45) is 0 Å². The summed E-state index contributed by atoms with van der Waals surface area (Å²) in [4.78, 5) is 12.1. The van der Waals surface area contributed by atoms with Crippen LogP contribution in [0.25, 0.3) is 0 Å². The summed E-state index contributed by atoms with van der Waals surface area (Å²) in [5.41, 5.74) is 0.960. The first-order valence-corrected chi connectivity index (χ1v) is 6.33. The zero-order valence-corrected chi connectivity index (χ0v) is 10.9. The molecule has 0 aromatic heterocycles. The summed E-state index contributed by atoms with van der Waals surface area (Å²) in [5.74, 6) is 1.05. The lowest BCUT2D eigenvalue weighted by atomic mass is 9.82. The van der Waals surface area contributed by atoms with Crippen LogP contribution < -0.4 is 4.74 Å². The van der Waals surface area contributed by atoms with E-state index in [2.05, 4.69) is 15.9 Å². The summed E-state index contributed by atoms with van der Waals surface area (Å²) in [5, 5.41) is 0. The van der Waals surface area contributed by atoms with E-state index in [-0.39, 0.29) is 5.78 Å². The summed E-state index contributed by atoms with van der Waals surface area (Å²) in [7, 11) is 1.64. The van der Waals surface area contributed by atoms with Crippen LogP contribution in [0.2, 0.25) is 0 Å². The van der Waals surface area contributed by atoms with Crippen LogP contribution in [0.1, 0.15) is 31.2 Å². The number of ether oxygens (including phenoxy) is 1. The minimum Gasteiger partial charge on any atom is -0.496 e. The van der Waals surface area contributed by atoms with Crippen molar-refractivity contribution in [2.75, 3.05) is 7.11 Å². The Morgan fingerprint density at radius 3 is 2.75 bits per heavy atom. The Hall–Kier alpha value is -0.830. The van der Waals surface area contributed by atoms with Crippen LogP contribution in [0.5, 0.6) is 5.75 Å².